The first kappa shape index (κ1) is 20.6. The normalized spacial score (nSPS) is 26.0. The summed E-state index contributed by atoms with van der Waals surface area (Å²) in [7, 11) is 0. The molecule has 3 saturated heterocycles. The van der Waals surface area contributed by atoms with Crippen molar-refractivity contribution in [1.29, 1.82) is 0 Å². The maximum atomic E-state index is 12.6. The lowest BCUT2D eigenvalue weighted by atomic mass is 9.81. The van der Waals surface area contributed by atoms with Crippen LogP contribution in [0.5, 0.6) is 0 Å². The van der Waals surface area contributed by atoms with E-state index in [4.69, 9.17) is 4.74 Å². The molecule has 3 aliphatic heterocycles. The molecule has 0 saturated carbocycles. The number of hydrogen-bond donors (Lipinski definition) is 1. The third-order valence-corrected chi connectivity index (χ3v) is 7.05. The van der Waals surface area contributed by atoms with Crippen LogP contribution in [-0.4, -0.2) is 84.3 Å². The summed E-state index contributed by atoms with van der Waals surface area (Å²) >= 11 is 0. The summed E-state index contributed by atoms with van der Waals surface area (Å²) in [6.45, 7) is 11.7. The van der Waals surface area contributed by atoms with Gasteiger partial charge in [-0.3, -0.25) is 9.80 Å². The van der Waals surface area contributed by atoms with E-state index in [1.807, 2.05) is 35.2 Å². The van der Waals surface area contributed by atoms with Crippen molar-refractivity contribution in [1.82, 2.24) is 14.7 Å². The lowest BCUT2D eigenvalue weighted by Gasteiger charge is -2.50. The number of carbonyl (C=O) groups excluding carboxylic acids is 1. The number of ether oxygens (including phenoxy) is 1. The number of nitrogens with one attached hydrogen (secondary N) is 1. The van der Waals surface area contributed by atoms with Gasteiger partial charge in [-0.05, 0) is 51.7 Å². The van der Waals surface area contributed by atoms with Gasteiger partial charge < -0.3 is 15.0 Å². The van der Waals surface area contributed by atoms with Crippen LogP contribution in [0.2, 0.25) is 0 Å². The van der Waals surface area contributed by atoms with Crippen molar-refractivity contribution >= 4 is 11.7 Å². The number of hydrogen-bond acceptors (Lipinski definition) is 4. The van der Waals surface area contributed by atoms with E-state index >= 15 is 0 Å². The van der Waals surface area contributed by atoms with Crippen LogP contribution in [0.4, 0.5) is 10.5 Å². The Kier molecular flexibility index (Phi) is 6.42. The van der Waals surface area contributed by atoms with Crippen LogP contribution in [0.25, 0.3) is 0 Å². The number of amides is 2. The van der Waals surface area contributed by atoms with Gasteiger partial charge in [-0.2, -0.15) is 0 Å². The van der Waals surface area contributed by atoms with Crippen LogP contribution in [0.1, 0.15) is 39.5 Å². The number of para-hydroxylation sites is 1. The minimum absolute atomic E-state index is 0.00298. The summed E-state index contributed by atoms with van der Waals surface area (Å²) in [5, 5.41) is 3.01. The molecular weight excluding hydrogens is 364 g/mol. The molecule has 160 valence electrons. The Morgan fingerprint density at radius 3 is 2.41 bits per heavy atom. The molecular formula is C23H36N4O2. The van der Waals surface area contributed by atoms with E-state index in [9.17, 15) is 4.79 Å². The van der Waals surface area contributed by atoms with E-state index in [-0.39, 0.29) is 11.6 Å². The SMILES string of the molecule is CC(C)N1CCN(C2CCOC3(CCN(C(=O)Nc4ccccc4)CC3)C2)CC1. The number of piperazine rings is 1. The van der Waals surface area contributed by atoms with Crippen molar-refractivity contribution in [2.75, 3.05) is 51.2 Å². The lowest BCUT2D eigenvalue weighted by molar-refractivity contribution is -0.132. The average molecular weight is 401 g/mol. The highest BCUT2D eigenvalue weighted by Crippen LogP contribution is 2.37. The van der Waals surface area contributed by atoms with Crippen molar-refractivity contribution in [2.24, 2.45) is 0 Å². The zero-order valence-corrected chi connectivity index (χ0v) is 18.0. The highest BCUT2D eigenvalue weighted by atomic mass is 16.5. The molecule has 4 rings (SSSR count). The number of nitrogens with zero attached hydrogens (tertiary/aromatic N) is 3. The summed E-state index contributed by atoms with van der Waals surface area (Å²) in [4.78, 5) is 19.8. The first-order valence-corrected chi connectivity index (χ1v) is 11.3. The molecule has 1 unspecified atom stereocenters. The highest BCUT2D eigenvalue weighted by Gasteiger charge is 2.43. The molecule has 6 nitrogen and oxygen atoms in total. The smallest absolute Gasteiger partial charge is 0.321 e. The van der Waals surface area contributed by atoms with E-state index in [1.165, 1.54) is 26.2 Å². The van der Waals surface area contributed by atoms with Crippen LogP contribution in [0.15, 0.2) is 30.3 Å². The largest absolute Gasteiger partial charge is 0.375 e. The van der Waals surface area contributed by atoms with Crippen molar-refractivity contribution < 1.29 is 9.53 Å². The number of likely N-dealkylation sites (tertiary alicyclic amines) is 1. The summed E-state index contributed by atoms with van der Waals surface area (Å²) in [6, 6.07) is 11.0. The van der Waals surface area contributed by atoms with Gasteiger partial charge in [0.25, 0.3) is 0 Å². The Hall–Kier alpha value is -1.63. The second-order valence-electron chi connectivity index (χ2n) is 9.13. The molecule has 0 aromatic heterocycles. The van der Waals surface area contributed by atoms with Gasteiger partial charge in [0.05, 0.1) is 5.60 Å². The fourth-order valence-electron chi connectivity index (χ4n) is 5.12. The predicted molar refractivity (Wildman–Crippen MR) is 116 cm³/mol. The van der Waals surface area contributed by atoms with Crippen molar-refractivity contribution in [3.05, 3.63) is 30.3 Å². The van der Waals surface area contributed by atoms with Crippen LogP contribution in [0.3, 0.4) is 0 Å². The van der Waals surface area contributed by atoms with Gasteiger partial charge in [0.15, 0.2) is 0 Å². The first-order chi connectivity index (χ1) is 14.0. The molecule has 0 bridgehead atoms. The number of anilines is 1. The van der Waals surface area contributed by atoms with Crippen molar-refractivity contribution in [3.8, 4) is 0 Å². The maximum absolute atomic E-state index is 12.6. The Balaban J connectivity index is 1.28. The molecule has 29 heavy (non-hydrogen) atoms. The number of benzene rings is 1. The number of rotatable bonds is 3. The zero-order valence-electron chi connectivity index (χ0n) is 18.0. The molecule has 3 fully saturated rings. The minimum atomic E-state index is -0.0401. The molecule has 1 N–H and O–H groups in total. The molecule has 2 amide bonds. The van der Waals surface area contributed by atoms with Gasteiger partial charge in [0.1, 0.15) is 0 Å². The van der Waals surface area contributed by atoms with E-state index in [0.717, 1.165) is 51.1 Å². The van der Waals surface area contributed by atoms with Crippen molar-refractivity contribution in [2.45, 2.75) is 57.2 Å². The van der Waals surface area contributed by atoms with Gasteiger partial charge >= 0.3 is 6.03 Å². The lowest BCUT2D eigenvalue weighted by Crippen LogP contribution is -2.58. The molecule has 1 spiro atoms. The Morgan fingerprint density at radius 1 is 1.07 bits per heavy atom. The van der Waals surface area contributed by atoms with E-state index < -0.39 is 0 Å². The molecule has 6 heteroatoms. The zero-order chi connectivity index (χ0) is 20.3. The monoisotopic (exact) mass is 400 g/mol. The molecule has 1 aromatic carbocycles. The Bertz CT molecular complexity index is 665. The fraction of sp³-hybridized carbons (Fsp3) is 0.696. The van der Waals surface area contributed by atoms with Crippen LogP contribution >= 0.6 is 0 Å². The third-order valence-electron chi connectivity index (χ3n) is 7.05. The van der Waals surface area contributed by atoms with Crippen LogP contribution < -0.4 is 5.32 Å². The number of urea groups is 1. The van der Waals surface area contributed by atoms with Gasteiger partial charge in [0.2, 0.25) is 0 Å². The second kappa shape index (κ2) is 9.02. The van der Waals surface area contributed by atoms with E-state index in [0.29, 0.717) is 12.1 Å². The fourth-order valence-corrected chi connectivity index (χ4v) is 5.12. The molecule has 0 aliphatic carbocycles. The molecule has 3 heterocycles. The summed E-state index contributed by atoms with van der Waals surface area (Å²) < 4.78 is 6.34. The Morgan fingerprint density at radius 2 is 1.76 bits per heavy atom. The van der Waals surface area contributed by atoms with Gasteiger partial charge in [-0.25, -0.2) is 4.79 Å². The van der Waals surface area contributed by atoms with Gasteiger partial charge in [0, 0.05) is 63.6 Å². The number of piperidine rings is 1. The minimum Gasteiger partial charge on any atom is -0.375 e. The average Bonchev–Trinajstić information content (AvgIpc) is 2.75. The Labute approximate surface area is 175 Å². The number of carbonyl (C=O) groups is 1. The second-order valence-corrected chi connectivity index (χ2v) is 9.13. The first-order valence-electron chi connectivity index (χ1n) is 11.3. The van der Waals surface area contributed by atoms with Crippen LogP contribution in [0, 0.1) is 0 Å². The topological polar surface area (TPSA) is 48.1 Å². The highest BCUT2D eigenvalue weighted by molar-refractivity contribution is 5.89. The molecule has 3 aliphatic rings. The van der Waals surface area contributed by atoms with E-state index in [2.05, 4.69) is 29.0 Å². The van der Waals surface area contributed by atoms with Crippen LogP contribution in [-0.2, 0) is 4.74 Å². The molecule has 1 atom stereocenters. The molecule has 0 radical (unpaired) electrons. The maximum Gasteiger partial charge on any atom is 0.321 e. The van der Waals surface area contributed by atoms with Crippen molar-refractivity contribution in [3.63, 3.8) is 0 Å². The van der Waals surface area contributed by atoms with E-state index in [1.54, 1.807) is 0 Å². The third kappa shape index (κ3) is 4.93. The standard InChI is InChI=1S/C23H36N4O2/c1-19(2)25-13-15-26(16-14-25)21-8-17-29-23(18-21)9-11-27(12-10-23)22(28)24-20-6-4-3-5-7-20/h3-7,19,21H,8-18H2,1-2H3,(H,24,28). The van der Waals surface area contributed by atoms with Gasteiger partial charge in [-0.15, -0.1) is 0 Å². The summed E-state index contributed by atoms with van der Waals surface area (Å²) in [5.74, 6) is 0. The summed E-state index contributed by atoms with van der Waals surface area (Å²) in [6.07, 6.45) is 4.14. The van der Waals surface area contributed by atoms with Gasteiger partial charge in [-0.1, -0.05) is 18.2 Å². The molecule has 1 aromatic rings. The summed E-state index contributed by atoms with van der Waals surface area (Å²) in [5.41, 5.74) is 0.814. The predicted octanol–water partition coefficient (Wildman–Crippen LogP) is 3.26. The quantitative estimate of drug-likeness (QED) is 0.846.